The highest BCUT2D eigenvalue weighted by atomic mass is 32.1. The van der Waals surface area contributed by atoms with Gasteiger partial charge in [0.25, 0.3) is 5.56 Å². The van der Waals surface area contributed by atoms with Gasteiger partial charge in [-0.25, -0.2) is 4.68 Å². The lowest BCUT2D eigenvalue weighted by molar-refractivity contribution is 0.838. The van der Waals surface area contributed by atoms with Gasteiger partial charge in [0.1, 0.15) is 0 Å². The van der Waals surface area contributed by atoms with Gasteiger partial charge in [0.15, 0.2) is 0 Å². The average Bonchev–Trinajstić information content (AvgIpc) is 2.98. The molecule has 0 saturated carbocycles. The van der Waals surface area contributed by atoms with Crippen molar-refractivity contribution in [3.63, 3.8) is 0 Å². The number of nitrogens with zero attached hydrogens (tertiary/aromatic N) is 1. The minimum Gasteiger partial charge on any atom is -0.291 e. The SMILES string of the molecule is C=c1[nH]n(-c2ccccc2)c(=O)c1=Cc1sccc1C. The van der Waals surface area contributed by atoms with E-state index in [0.29, 0.717) is 10.6 Å². The Balaban J connectivity index is 2.24. The third-order valence-corrected chi connectivity index (χ3v) is 4.16. The summed E-state index contributed by atoms with van der Waals surface area (Å²) in [5.74, 6) is 0. The number of aromatic amines is 1. The Morgan fingerprint density at radius 3 is 2.65 bits per heavy atom. The average molecular weight is 282 g/mol. The van der Waals surface area contributed by atoms with E-state index in [2.05, 4.69) is 11.7 Å². The zero-order chi connectivity index (χ0) is 14.1. The predicted molar refractivity (Wildman–Crippen MR) is 83.8 cm³/mol. The molecule has 100 valence electrons. The monoisotopic (exact) mass is 282 g/mol. The smallest absolute Gasteiger partial charge is 0.279 e. The summed E-state index contributed by atoms with van der Waals surface area (Å²) in [5.41, 5.74) is 1.90. The molecule has 3 nitrogen and oxygen atoms in total. The van der Waals surface area contributed by atoms with Crippen LogP contribution in [0.15, 0.2) is 46.6 Å². The molecule has 0 atom stereocenters. The van der Waals surface area contributed by atoms with Crippen LogP contribution in [-0.4, -0.2) is 9.78 Å². The Labute approximate surface area is 120 Å². The Kier molecular flexibility index (Phi) is 3.16. The largest absolute Gasteiger partial charge is 0.291 e. The number of rotatable bonds is 2. The maximum atomic E-state index is 12.5. The van der Waals surface area contributed by atoms with E-state index in [9.17, 15) is 4.79 Å². The predicted octanol–water partition coefficient (Wildman–Crippen LogP) is 1.77. The number of hydrogen-bond donors (Lipinski definition) is 1. The van der Waals surface area contributed by atoms with Gasteiger partial charge in [0, 0.05) is 4.88 Å². The third kappa shape index (κ3) is 2.14. The summed E-state index contributed by atoms with van der Waals surface area (Å²) in [6, 6.07) is 11.5. The summed E-state index contributed by atoms with van der Waals surface area (Å²) in [7, 11) is 0. The van der Waals surface area contributed by atoms with Gasteiger partial charge < -0.3 is 0 Å². The number of para-hydroxylation sites is 1. The van der Waals surface area contributed by atoms with E-state index in [1.807, 2.05) is 54.8 Å². The van der Waals surface area contributed by atoms with Crippen molar-refractivity contribution in [2.75, 3.05) is 0 Å². The van der Waals surface area contributed by atoms with Crippen LogP contribution in [0, 0.1) is 6.92 Å². The Morgan fingerprint density at radius 1 is 1.25 bits per heavy atom. The van der Waals surface area contributed by atoms with Crippen molar-refractivity contribution in [3.05, 3.63) is 73.1 Å². The lowest BCUT2D eigenvalue weighted by atomic mass is 10.2. The van der Waals surface area contributed by atoms with E-state index in [0.717, 1.165) is 10.6 Å². The van der Waals surface area contributed by atoms with Crippen molar-refractivity contribution >= 4 is 24.0 Å². The van der Waals surface area contributed by atoms with Gasteiger partial charge in [-0.2, -0.15) is 0 Å². The Bertz CT molecular complexity index is 900. The number of aryl methyl sites for hydroxylation is 1. The number of H-pyrrole nitrogens is 1. The van der Waals surface area contributed by atoms with Crippen molar-refractivity contribution in [2.45, 2.75) is 6.92 Å². The Morgan fingerprint density at radius 2 is 2.00 bits per heavy atom. The highest BCUT2D eigenvalue weighted by molar-refractivity contribution is 7.11. The number of thiophene rings is 1. The lowest BCUT2D eigenvalue weighted by Crippen LogP contribution is -2.33. The van der Waals surface area contributed by atoms with Crippen molar-refractivity contribution in [1.82, 2.24) is 9.78 Å². The number of hydrogen-bond acceptors (Lipinski definition) is 2. The summed E-state index contributed by atoms with van der Waals surface area (Å²) >= 11 is 1.62. The number of nitrogens with one attached hydrogen (secondary N) is 1. The molecule has 1 aromatic carbocycles. The second-order valence-electron chi connectivity index (χ2n) is 4.59. The first-order chi connectivity index (χ1) is 9.66. The fourth-order valence-corrected chi connectivity index (χ4v) is 2.93. The second-order valence-corrected chi connectivity index (χ2v) is 5.54. The molecule has 4 heteroatoms. The van der Waals surface area contributed by atoms with Gasteiger partial charge in [0.2, 0.25) is 0 Å². The molecule has 0 saturated heterocycles. The fourth-order valence-electron chi connectivity index (χ4n) is 2.07. The molecule has 0 aliphatic rings. The molecule has 2 heterocycles. The van der Waals surface area contributed by atoms with Crippen LogP contribution < -0.4 is 16.1 Å². The normalized spacial score (nSPS) is 11.9. The van der Waals surface area contributed by atoms with Gasteiger partial charge in [0.05, 0.1) is 16.3 Å². The van der Waals surface area contributed by atoms with Crippen LogP contribution in [0.4, 0.5) is 0 Å². The molecule has 1 N–H and O–H groups in total. The second kappa shape index (κ2) is 4.98. The van der Waals surface area contributed by atoms with E-state index in [1.165, 1.54) is 10.2 Å². The van der Waals surface area contributed by atoms with Crippen molar-refractivity contribution in [3.8, 4) is 5.69 Å². The molecule has 0 amide bonds. The van der Waals surface area contributed by atoms with Crippen LogP contribution in [0.25, 0.3) is 18.3 Å². The molecule has 0 spiro atoms. The fraction of sp³-hybridized carbons (Fsp3) is 0.0625. The van der Waals surface area contributed by atoms with Crippen molar-refractivity contribution in [2.24, 2.45) is 0 Å². The number of aromatic nitrogens is 2. The zero-order valence-electron chi connectivity index (χ0n) is 11.1. The maximum absolute atomic E-state index is 12.5. The minimum atomic E-state index is -0.0750. The van der Waals surface area contributed by atoms with Crippen LogP contribution in [0.2, 0.25) is 0 Å². The summed E-state index contributed by atoms with van der Waals surface area (Å²) in [5, 5.41) is 6.29. The van der Waals surface area contributed by atoms with E-state index in [-0.39, 0.29) is 5.56 Å². The molecule has 0 radical (unpaired) electrons. The van der Waals surface area contributed by atoms with Crippen LogP contribution in [-0.2, 0) is 0 Å². The molecule has 0 aliphatic heterocycles. The topological polar surface area (TPSA) is 37.8 Å². The zero-order valence-corrected chi connectivity index (χ0v) is 11.9. The van der Waals surface area contributed by atoms with E-state index in [4.69, 9.17) is 0 Å². The molecular formula is C16H14N2OS. The summed E-state index contributed by atoms with van der Waals surface area (Å²) in [4.78, 5) is 13.6. The van der Waals surface area contributed by atoms with Crippen LogP contribution in [0.5, 0.6) is 0 Å². The first-order valence-corrected chi connectivity index (χ1v) is 7.16. The lowest BCUT2D eigenvalue weighted by Gasteiger charge is -1.98. The molecule has 0 aliphatic carbocycles. The quantitative estimate of drug-likeness (QED) is 0.764. The minimum absolute atomic E-state index is 0.0750. The van der Waals surface area contributed by atoms with E-state index in [1.54, 1.807) is 11.3 Å². The Hall–Kier alpha value is -2.33. The molecular weight excluding hydrogens is 268 g/mol. The standard InChI is InChI=1S/C16H14N2OS/c1-11-8-9-20-15(11)10-14-12(2)17-18(16(14)19)13-6-4-3-5-7-13/h3-10,17H,2H2,1H3. The van der Waals surface area contributed by atoms with Crippen molar-refractivity contribution < 1.29 is 0 Å². The van der Waals surface area contributed by atoms with Crippen LogP contribution in [0.1, 0.15) is 10.4 Å². The van der Waals surface area contributed by atoms with E-state index >= 15 is 0 Å². The highest BCUT2D eigenvalue weighted by Crippen LogP contribution is 2.15. The first-order valence-electron chi connectivity index (χ1n) is 6.28. The molecule has 0 fully saturated rings. The molecule has 3 aromatic rings. The van der Waals surface area contributed by atoms with Gasteiger partial charge in [-0.1, -0.05) is 24.8 Å². The van der Waals surface area contributed by atoms with Crippen molar-refractivity contribution in [1.29, 1.82) is 0 Å². The molecule has 2 aromatic heterocycles. The molecule has 0 unspecified atom stereocenters. The van der Waals surface area contributed by atoms with Crippen LogP contribution in [0.3, 0.4) is 0 Å². The highest BCUT2D eigenvalue weighted by Gasteiger charge is 2.05. The maximum Gasteiger partial charge on any atom is 0.279 e. The van der Waals surface area contributed by atoms with Crippen LogP contribution >= 0.6 is 11.3 Å². The first kappa shape index (κ1) is 12.7. The third-order valence-electron chi connectivity index (χ3n) is 3.20. The molecule has 0 bridgehead atoms. The van der Waals surface area contributed by atoms with Gasteiger partial charge >= 0.3 is 0 Å². The molecule has 3 rings (SSSR count). The summed E-state index contributed by atoms with van der Waals surface area (Å²) in [6.45, 7) is 5.97. The summed E-state index contributed by atoms with van der Waals surface area (Å²) in [6.07, 6.45) is 1.90. The van der Waals surface area contributed by atoms with E-state index < -0.39 is 0 Å². The van der Waals surface area contributed by atoms with Gasteiger partial charge in [-0.3, -0.25) is 9.89 Å². The van der Waals surface area contributed by atoms with Gasteiger partial charge in [-0.15, -0.1) is 11.3 Å². The molecule has 20 heavy (non-hydrogen) atoms. The number of benzene rings is 1. The van der Waals surface area contributed by atoms with Gasteiger partial charge in [-0.05, 0) is 42.1 Å². The summed E-state index contributed by atoms with van der Waals surface area (Å²) < 4.78 is 1.52.